The molecule has 0 saturated heterocycles. The van der Waals surface area contributed by atoms with E-state index in [9.17, 15) is 14.9 Å². The van der Waals surface area contributed by atoms with Gasteiger partial charge in [0.05, 0.1) is 36.0 Å². The summed E-state index contributed by atoms with van der Waals surface area (Å²) in [7, 11) is 1.57. The fourth-order valence-electron chi connectivity index (χ4n) is 3.43. The number of para-hydroxylation sites is 1. The Morgan fingerprint density at radius 2 is 1.76 bits per heavy atom. The van der Waals surface area contributed by atoms with Crippen molar-refractivity contribution in [2.24, 2.45) is 0 Å². The van der Waals surface area contributed by atoms with Gasteiger partial charge in [-0.15, -0.1) is 0 Å². The Bertz CT molecular complexity index is 1320. The van der Waals surface area contributed by atoms with Crippen LogP contribution in [0.5, 0.6) is 11.5 Å². The van der Waals surface area contributed by atoms with E-state index in [4.69, 9.17) is 9.47 Å². The van der Waals surface area contributed by atoms with Crippen molar-refractivity contribution in [2.75, 3.05) is 19.0 Å². The van der Waals surface area contributed by atoms with E-state index in [-0.39, 0.29) is 16.9 Å². The van der Waals surface area contributed by atoms with Gasteiger partial charge in [-0.1, -0.05) is 18.2 Å². The Balaban J connectivity index is 1.74. The molecule has 172 valence electrons. The van der Waals surface area contributed by atoms with E-state index in [2.05, 4.69) is 10.4 Å². The summed E-state index contributed by atoms with van der Waals surface area (Å²) >= 11 is 0. The number of ether oxygens (including phenoxy) is 2. The van der Waals surface area contributed by atoms with Crippen LogP contribution in [0.1, 0.15) is 17.3 Å². The molecule has 0 unspecified atom stereocenters. The van der Waals surface area contributed by atoms with Crippen LogP contribution in [-0.4, -0.2) is 34.3 Å². The molecular formula is C25H22N4O5. The van der Waals surface area contributed by atoms with E-state index in [0.717, 1.165) is 5.69 Å². The van der Waals surface area contributed by atoms with Gasteiger partial charge in [-0.25, -0.2) is 4.68 Å². The van der Waals surface area contributed by atoms with E-state index >= 15 is 0 Å². The molecule has 0 atom stereocenters. The number of anilines is 1. The van der Waals surface area contributed by atoms with E-state index in [0.29, 0.717) is 29.4 Å². The van der Waals surface area contributed by atoms with Crippen LogP contribution in [0.2, 0.25) is 0 Å². The lowest BCUT2D eigenvalue weighted by Gasteiger charge is -2.09. The maximum atomic E-state index is 13.3. The molecule has 3 aromatic carbocycles. The molecule has 9 heteroatoms. The second-order valence-corrected chi connectivity index (χ2v) is 7.22. The largest absolute Gasteiger partial charge is 0.497 e. The van der Waals surface area contributed by atoms with Crippen LogP contribution < -0.4 is 14.8 Å². The number of carbonyl (C=O) groups is 1. The molecule has 1 heterocycles. The van der Waals surface area contributed by atoms with Gasteiger partial charge in [0.1, 0.15) is 22.9 Å². The molecule has 9 nitrogen and oxygen atoms in total. The average Bonchev–Trinajstić information content (AvgIpc) is 3.31. The van der Waals surface area contributed by atoms with Crippen LogP contribution in [0.15, 0.2) is 79.0 Å². The third kappa shape index (κ3) is 4.73. The summed E-state index contributed by atoms with van der Waals surface area (Å²) in [6.45, 7) is 2.15. The van der Waals surface area contributed by atoms with Crippen LogP contribution in [-0.2, 0) is 0 Å². The van der Waals surface area contributed by atoms with Gasteiger partial charge in [-0.2, -0.15) is 5.10 Å². The molecule has 0 bridgehead atoms. The Hall–Kier alpha value is -4.66. The summed E-state index contributed by atoms with van der Waals surface area (Å²) in [5.41, 5.74) is 1.95. The Morgan fingerprint density at radius 1 is 1.06 bits per heavy atom. The summed E-state index contributed by atoms with van der Waals surface area (Å²) in [5.74, 6) is 0.491. The van der Waals surface area contributed by atoms with Crippen molar-refractivity contribution < 1.29 is 19.2 Å². The molecule has 0 aliphatic rings. The highest BCUT2D eigenvalue weighted by atomic mass is 16.6. The number of aromatic nitrogens is 2. The smallest absolute Gasteiger partial charge is 0.296 e. The number of hydrogen-bond acceptors (Lipinski definition) is 6. The number of nitro groups is 1. The van der Waals surface area contributed by atoms with Gasteiger partial charge in [0.2, 0.25) is 0 Å². The van der Waals surface area contributed by atoms with E-state index in [1.165, 1.54) is 12.1 Å². The first-order chi connectivity index (χ1) is 16.5. The molecule has 1 amide bonds. The summed E-state index contributed by atoms with van der Waals surface area (Å²) in [6.07, 6.45) is 1.60. The number of hydrogen-bond donors (Lipinski definition) is 1. The van der Waals surface area contributed by atoms with Crippen LogP contribution in [0, 0.1) is 10.1 Å². The zero-order valence-electron chi connectivity index (χ0n) is 18.6. The Labute approximate surface area is 195 Å². The quantitative estimate of drug-likeness (QED) is 0.290. The van der Waals surface area contributed by atoms with Crippen molar-refractivity contribution in [3.05, 3.63) is 94.7 Å². The van der Waals surface area contributed by atoms with Gasteiger partial charge in [-0.05, 0) is 55.5 Å². The number of nitrogens with zero attached hydrogens (tertiary/aromatic N) is 3. The van der Waals surface area contributed by atoms with Gasteiger partial charge in [-0.3, -0.25) is 14.9 Å². The normalized spacial score (nSPS) is 10.5. The molecule has 4 aromatic rings. The van der Waals surface area contributed by atoms with Crippen molar-refractivity contribution in [3.8, 4) is 28.4 Å². The fraction of sp³-hybridized carbons (Fsp3) is 0.120. The first kappa shape index (κ1) is 22.5. The minimum atomic E-state index is -0.560. The fourth-order valence-corrected chi connectivity index (χ4v) is 3.43. The minimum absolute atomic E-state index is 0.0617. The highest BCUT2D eigenvalue weighted by Crippen LogP contribution is 2.31. The lowest BCUT2D eigenvalue weighted by Crippen LogP contribution is -2.13. The molecule has 0 aliphatic carbocycles. The summed E-state index contributed by atoms with van der Waals surface area (Å²) in [4.78, 5) is 24.4. The molecule has 34 heavy (non-hydrogen) atoms. The van der Waals surface area contributed by atoms with E-state index in [1.807, 2.05) is 30.3 Å². The van der Waals surface area contributed by atoms with Crippen LogP contribution >= 0.6 is 0 Å². The summed E-state index contributed by atoms with van der Waals surface area (Å²) < 4.78 is 12.2. The first-order valence-electron chi connectivity index (χ1n) is 10.5. The zero-order valence-corrected chi connectivity index (χ0v) is 18.6. The number of benzene rings is 3. The number of methoxy groups -OCH3 is 1. The molecular weight excluding hydrogens is 436 g/mol. The van der Waals surface area contributed by atoms with Crippen molar-refractivity contribution in [2.45, 2.75) is 6.92 Å². The maximum absolute atomic E-state index is 13.3. The zero-order chi connectivity index (χ0) is 24.1. The lowest BCUT2D eigenvalue weighted by molar-refractivity contribution is -0.384. The van der Waals surface area contributed by atoms with E-state index in [1.54, 1.807) is 55.2 Å². The number of nitrogens with one attached hydrogen (secondary N) is 1. The molecule has 4 rings (SSSR count). The molecule has 0 aliphatic heterocycles. The average molecular weight is 458 g/mol. The molecule has 0 fully saturated rings. The highest BCUT2D eigenvalue weighted by molar-refractivity contribution is 6.09. The van der Waals surface area contributed by atoms with Crippen molar-refractivity contribution >= 4 is 17.3 Å². The predicted octanol–water partition coefficient (Wildman–Crippen LogP) is 5.11. The van der Waals surface area contributed by atoms with Gasteiger partial charge >= 0.3 is 0 Å². The number of carbonyl (C=O) groups excluding carboxylic acids is 1. The molecule has 0 radical (unpaired) electrons. The maximum Gasteiger partial charge on any atom is 0.296 e. The topological polar surface area (TPSA) is 109 Å². The second kappa shape index (κ2) is 9.86. The Morgan fingerprint density at radius 3 is 2.41 bits per heavy atom. The third-order valence-corrected chi connectivity index (χ3v) is 5.07. The third-order valence-electron chi connectivity index (χ3n) is 5.07. The number of nitro benzene ring substituents is 1. The monoisotopic (exact) mass is 458 g/mol. The van der Waals surface area contributed by atoms with Crippen LogP contribution in [0.25, 0.3) is 16.9 Å². The number of rotatable bonds is 8. The van der Waals surface area contributed by atoms with Gasteiger partial charge < -0.3 is 14.8 Å². The predicted molar refractivity (Wildman–Crippen MR) is 128 cm³/mol. The molecule has 1 aromatic heterocycles. The highest BCUT2D eigenvalue weighted by Gasteiger charge is 2.23. The molecule has 1 N–H and O–H groups in total. The van der Waals surface area contributed by atoms with Gasteiger partial charge in [0, 0.05) is 11.8 Å². The second-order valence-electron chi connectivity index (χ2n) is 7.22. The number of amides is 1. The van der Waals surface area contributed by atoms with Crippen LogP contribution in [0.4, 0.5) is 11.4 Å². The summed E-state index contributed by atoms with van der Waals surface area (Å²) in [5, 5.41) is 18.9. The summed E-state index contributed by atoms with van der Waals surface area (Å²) in [6, 6.07) is 20.8. The molecule has 0 saturated carbocycles. The van der Waals surface area contributed by atoms with Gasteiger partial charge in [0.15, 0.2) is 0 Å². The molecule has 0 spiro atoms. The minimum Gasteiger partial charge on any atom is -0.497 e. The first-order valence-corrected chi connectivity index (χ1v) is 10.5. The SMILES string of the molecule is CCOc1ccc(NC(=O)c2cn(-c3ccccc3)nc2-c2ccc(OC)cc2)c([N+](=O)[O-])c1. The lowest BCUT2D eigenvalue weighted by atomic mass is 10.1. The van der Waals surface area contributed by atoms with Gasteiger partial charge in [0.25, 0.3) is 11.6 Å². The van der Waals surface area contributed by atoms with Crippen molar-refractivity contribution in [3.63, 3.8) is 0 Å². The van der Waals surface area contributed by atoms with Crippen molar-refractivity contribution in [1.29, 1.82) is 0 Å². The Kier molecular flexibility index (Phi) is 6.54. The van der Waals surface area contributed by atoms with E-state index < -0.39 is 10.8 Å². The standard InChI is InChI=1S/C25H22N4O5/c1-3-34-20-13-14-22(23(15-20)29(31)32)26-25(30)21-16-28(18-7-5-4-6-8-18)27-24(21)17-9-11-19(33-2)12-10-17/h4-16H,3H2,1-2H3,(H,26,30). The van der Waals surface area contributed by atoms with Crippen LogP contribution in [0.3, 0.4) is 0 Å². The van der Waals surface area contributed by atoms with Crippen molar-refractivity contribution in [1.82, 2.24) is 9.78 Å².